The second-order valence-corrected chi connectivity index (χ2v) is 10.3. The van der Waals surface area contributed by atoms with Crippen molar-refractivity contribution in [3.63, 3.8) is 0 Å². The third-order valence-electron chi connectivity index (χ3n) is 6.50. The molecule has 0 spiro atoms. The van der Waals surface area contributed by atoms with Gasteiger partial charge in [0.2, 0.25) is 0 Å². The summed E-state index contributed by atoms with van der Waals surface area (Å²) in [5.74, 6) is -1.53. The van der Waals surface area contributed by atoms with Gasteiger partial charge >= 0.3 is 0 Å². The van der Waals surface area contributed by atoms with Gasteiger partial charge in [-0.05, 0) is 58.0 Å². The van der Waals surface area contributed by atoms with E-state index in [4.69, 9.17) is 28.4 Å². The van der Waals surface area contributed by atoms with E-state index >= 15 is 0 Å². The molecule has 3 aromatic heterocycles. The zero-order valence-electron chi connectivity index (χ0n) is 21.2. The lowest BCUT2D eigenvalue weighted by Gasteiger charge is -2.37. The molecule has 10 heteroatoms. The molecule has 5 atom stereocenters. The van der Waals surface area contributed by atoms with Crippen LogP contribution >= 0.6 is 0 Å². The Morgan fingerprint density at radius 3 is 2.16 bits per heavy atom. The first kappa shape index (κ1) is 24.5. The fraction of sp³-hybridized carbons (Fsp3) is 0.481. The second-order valence-electron chi connectivity index (χ2n) is 10.3. The van der Waals surface area contributed by atoms with E-state index in [-0.39, 0.29) is 31.5 Å². The fourth-order valence-corrected chi connectivity index (χ4v) is 5.01. The van der Waals surface area contributed by atoms with Gasteiger partial charge in [-0.15, -0.1) is 10.2 Å². The first-order chi connectivity index (χ1) is 17.8. The third kappa shape index (κ3) is 5.00. The average Bonchev–Trinajstić information content (AvgIpc) is 3.39. The molecule has 6 heterocycles. The number of fused-ring (bicyclic) bond motifs is 3. The van der Waals surface area contributed by atoms with E-state index in [1.165, 1.54) is 0 Å². The Morgan fingerprint density at radius 2 is 1.43 bits per heavy atom. The highest BCUT2D eigenvalue weighted by Gasteiger charge is 2.60. The molecular formula is C27H30N4O6. The molecule has 0 aliphatic carbocycles. The highest BCUT2D eigenvalue weighted by Crippen LogP contribution is 2.44. The van der Waals surface area contributed by atoms with Crippen LogP contribution in [-0.2, 0) is 35.0 Å². The van der Waals surface area contributed by atoms with Crippen molar-refractivity contribution in [3.8, 4) is 22.8 Å². The van der Waals surface area contributed by atoms with Crippen LogP contribution in [0.5, 0.6) is 0 Å². The van der Waals surface area contributed by atoms with Gasteiger partial charge in [0.05, 0.1) is 24.6 Å². The van der Waals surface area contributed by atoms with Crippen molar-refractivity contribution in [2.45, 2.75) is 76.6 Å². The van der Waals surface area contributed by atoms with E-state index in [0.29, 0.717) is 17.1 Å². The van der Waals surface area contributed by atoms with Crippen LogP contribution in [0, 0.1) is 0 Å². The van der Waals surface area contributed by atoms with E-state index in [0.717, 1.165) is 11.3 Å². The van der Waals surface area contributed by atoms with E-state index in [1.807, 2.05) is 70.2 Å². The molecule has 3 aliphatic rings. The van der Waals surface area contributed by atoms with Crippen molar-refractivity contribution >= 4 is 0 Å². The minimum absolute atomic E-state index is 0.260. The Bertz CT molecular complexity index is 1240. The maximum atomic E-state index is 6.27. The Kier molecular flexibility index (Phi) is 6.26. The summed E-state index contributed by atoms with van der Waals surface area (Å²) in [7, 11) is 0. The summed E-state index contributed by atoms with van der Waals surface area (Å²) < 4.78 is 37.0. The molecule has 0 saturated carbocycles. The lowest BCUT2D eigenvalue weighted by molar-refractivity contribution is -0.243. The van der Waals surface area contributed by atoms with Crippen LogP contribution in [0.2, 0.25) is 0 Å². The van der Waals surface area contributed by atoms with Crippen molar-refractivity contribution in [2.24, 2.45) is 0 Å². The average molecular weight is 507 g/mol. The highest BCUT2D eigenvalue weighted by atomic mass is 16.9. The van der Waals surface area contributed by atoms with Gasteiger partial charge in [0, 0.05) is 18.0 Å². The molecular weight excluding hydrogens is 476 g/mol. The monoisotopic (exact) mass is 506 g/mol. The predicted octanol–water partition coefficient (Wildman–Crippen LogP) is 3.51. The van der Waals surface area contributed by atoms with Crippen LogP contribution < -0.4 is 0 Å². The number of aromatic nitrogens is 4. The summed E-state index contributed by atoms with van der Waals surface area (Å²) in [6.07, 6.45) is 1.42. The highest BCUT2D eigenvalue weighted by molar-refractivity contribution is 5.63. The SMILES string of the molecule is CC1(C)O[C@H]2[C@@H](O1)[C@@H](COCc1cc(-c3ccccn3)nnc1-c1ccccn1)O[C@@H]1OC(C)(C)O[C@@H]12. The number of hydrogen-bond acceptors (Lipinski definition) is 10. The largest absolute Gasteiger partial charge is 0.374 e. The predicted molar refractivity (Wildman–Crippen MR) is 131 cm³/mol. The number of nitrogens with zero attached hydrogens (tertiary/aromatic N) is 4. The Hall–Kier alpha value is -2.86. The lowest BCUT2D eigenvalue weighted by atomic mass is 9.99. The summed E-state index contributed by atoms with van der Waals surface area (Å²) in [5, 5.41) is 8.87. The topological polar surface area (TPSA) is 107 Å². The number of ether oxygens (including phenoxy) is 6. The van der Waals surface area contributed by atoms with E-state index in [2.05, 4.69) is 20.2 Å². The standard InChI is InChI=1S/C27H30N4O6/c1-26(2)34-22-20(33-25-24(23(22)35-26)36-27(3,4)37-25)15-32-14-16-13-19(17-9-5-7-11-28-17)30-31-21(16)18-10-6-8-12-29-18/h5-13,20,22-25H,14-15H2,1-4H3/t20-,22+,23+,24-,25-/m1/s1. The van der Waals surface area contributed by atoms with Gasteiger partial charge < -0.3 is 28.4 Å². The molecule has 0 unspecified atom stereocenters. The van der Waals surface area contributed by atoms with E-state index in [9.17, 15) is 0 Å². The van der Waals surface area contributed by atoms with Crippen molar-refractivity contribution < 1.29 is 28.4 Å². The Labute approximate surface area is 215 Å². The summed E-state index contributed by atoms with van der Waals surface area (Å²) in [6.45, 7) is 8.03. The van der Waals surface area contributed by atoms with Crippen molar-refractivity contribution in [3.05, 3.63) is 60.4 Å². The van der Waals surface area contributed by atoms with Crippen molar-refractivity contribution in [1.82, 2.24) is 20.2 Å². The molecule has 0 N–H and O–H groups in total. The molecule has 0 bridgehead atoms. The van der Waals surface area contributed by atoms with Gasteiger partial charge in [-0.1, -0.05) is 12.1 Å². The summed E-state index contributed by atoms with van der Waals surface area (Å²) in [4.78, 5) is 8.86. The quantitative estimate of drug-likeness (QED) is 0.493. The van der Waals surface area contributed by atoms with Gasteiger partial charge in [0.15, 0.2) is 17.9 Å². The van der Waals surface area contributed by atoms with Gasteiger partial charge in [0.25, 0.3) is 0 Å². The molecule has 6 rings (SSSR count). The zero-order valence-corrected chi connectivity index (χ0v) is 21.2. The number of pyridine rings is 2. The van der Waals surface area contributed by atoms with E-state index < -0.39 is 24.0 Å². The van der Waals surface area contributed by atoms with Gasteiger partial charge in [-0.25, -0.2) is 0 Å². The molecule has 0 amide bonds. The summed E-state index contributed by atoms with van der Waals surface area (Å²) in [6, 6.07) is 13.3. The molecule has 194 valence electrons. The normalized spacial score (nSPS) is 29.6. The van der Waals surface area contributed by atoms with Crippen LogP contribution in [-0.4, -0.2) is 69.1 Å². The summed E-state index contributed by atoms with van der Waals surface area (Å²) in [5.41, 5.74) is 3.59. The second kappa shape index (κ2) is 9.46. The smallest absolute Gasteiger partial charge is 0.190 e. The van der Waals surface area contributed by atoms with Gasteiger partial charge in [0.1, 0.15) is 35.8 Å². The minimum Gasteiger partial charge on any atom is -0.374 e. The molecule has 0 aromatic carbocycles. The van der Waals surface area contributed by atoms with Crippen LogP contribution in [0.4, 0.5) is 0 Å². The molecule has 3 fully saturated rings. The molecule has 3 saturated heterocycles. The maximum Gasteiger partial charge on any atom is 0.190 e. The third-order valence-corrected chi connectivity index (χ3v) is 6.50. The van der Waals surface area contributed by atoms with Crippen LogP contribution in [0.15, 0.2) is 54.9 Å². The van der Waals surface area contributed by atoms with Crippen LogP contribution in [0.1, 0.15) is 33.3 Å². The Morgan fingerprint density at radius 1 is 0.757 bits per heavy atom. The fourth-order valence-electron chi connectivity index (χ4n) is 5.01. The van der Waals surface area contributed by atoms with Crippen molar-refractivity contribution in [2.75, 3.05) is 6.61 Å². The first-order valence-electron chi connectivity index (χ1n) is 12.4. The van der Waals surface area contributed by atoms with Crippen molar-refractivity contribution in [1.29, 1.82) is 0 Å². The van der Waals surface area contributed by atoms with Gasteiger partial charge in [-0.3, -0.25) is 9.97 Å². The number of hydrogen-bond donors (Lipinski definition) is 0. The number of rotatable bonds is 6. The molecule has 10 nitrogen and oxygen atoms in total. The first-order valence-corrected chi connectivity index (χ1v) is 12.4. The van der Waals surface area contributed by atoms with Crippen LogP contribution in [0.3, 0.4) is 0 Å². The molecule has 37 heavy (non-hydrogen) atoms. The van der Waals surface area contributed by atoms with Crippen LogP contribution in [0.25, 0.3) is 22.8 Å². The maximum absolute atomic E-state index is 6.27. The lowest BCUT2D eigenvalue weighted by Crippen LogP contribution is -2.56. The summed E-state index contributed by atoms with van der Waals surface area (Å²) >= 11 is 0. The molecule has 3 aliphatic heterocycles. The Balaban J connectivity index is 1.23. The van der Waals surface area contributed by atoms with E-state index in [1.54, 1.807) is 12.4 Å². The van der Waals surface area contributed by atoms with Gasteiger partial charge in [-0.2, -0.15) is 0 Å². The molecule has 0 radical (unpaired) electrons. The minimum atomic E-state index is -0.770. The zero-order chi connectivity index (χ0) is 25.6. The molecule has 3 aromatic rings.